The van der Waals surface area contributed by atoms with Gasteiger partial charge in [0.2, 0.25) is 0 Å². The van der Waals surface area contributed by atoms with Crippen molar-refractivity contribution in [2.24, 2.45) is 5.73 Å². The zero-order valence-electron chi connectivity index (χ0n) is 6.59. The molecule has 0 spiro atoms. The second kappa shape index (κ2) is 5.23. The fourth-order valence-electron chi connectivity index (χ4n) is 0.738. The van der Waals surface area contributed by atoms with Gasteiger partial charge in [0.25, 0.3) is 0 Å². The third-order valence-electron chi connectivity index (χ3n) is 1.19. The molecular formula is C7H15NO2. The zero-order valence-corrected chi connectivity index (χ0v) is 6.59. The summed E-state index contributed by atoms with van der Waals surface area (Å²) in [5.41, 5.74) is 5.04. The van der Waals surface area contributed by atoms with Crippen LogP contribution >= 0.6 is 0 Å². The molecule has 1 unspecified atom stereocenters. The first-order chi connectivity index (χ1) is 4.70. The molecule has 0 aromatic rings. The lowest BCUT2D eigenvalue weighted by molar-refractivity contribution is -0.146. The van der Waals surface area contributed by atoms with E-state index in [4.69, 9.17) is 10.5 Å². The van der Waals surface area contributed by atoms with Crippen LogP contribution in [0.4, 0.5) is 0 Å². The summed E-state index contributed by atoms with van der Waals surface area (Å²) in [6, 6.07) is 0. The van der Waals surface area contributed by atoms with Crippen LogP contribution in [-0.4, -0.2) is 18.6 Å². The van der Waals surface area contributed by atoms with E-state index in [0.29, 0.717) is 0 Å². The monoisotopic (exact) mass is 145 g/mol. The second-order valence-electron chi connectivity index (χ2n) is 2.29. The molecule has 0 aromatic heterocycles. The van der Waals surface area contributed by atoms with Crippen molar-refractivity contribution in [2.75, 3.05) is 6.54 Å². The van der Waals surface area contributed by atoms with Gasteiger partial charge in [0.1, 0.15) is 0 Å². The van der Waals surface area contributed by atoms with Gasteiger partial charge in [0, 0.05) is 0 Å². The van der Waals surface area contributed by atoms with Crippen LogP contribution in [0.25, 0.3) is 0 Å². The Morgan fingerprint density at radius 2 is 2.30 bits per heavy atom. The van der Waals surface area contributed by atoms with E-state index in [1.54, 1.807) is 0 Å². The minimum absolute atomic E-state index is 0.0149. The highest BCUT2D eigenvalue weighted by Crippen LogP contribution is 1.99. The lowest BCUT2D eigenvalue weighted by atomic mass is 10.2. The smallest absolute Gasteiger partial charge is 0.319 e. The van der Waals surface area contributed by atoms with Crippen LogP contribution in [0, 0.1) is 0 Å². The molecule has 3 heteroatoms. The Morgan fingerprint density at radius 3 is 2.70 bits per heavy atom. The van der Waals surface area contributed by atoms with Crippen molar-refractivity contribution in [1.82, 2.24) is 0 Å². The van der Waals surface area contributed by atoms with Gasteiger partial charge in [-0.25, -0.2) is 0 Å². The Bertz CT molecular complexity index is 104. The first-order valence-electron chi connectivity index (χ1n) is 3.60. The molecule has 0 aliphatic rings. The number of nitrogens with two attached hydrogens (primary N) is 1. The number of carbonyl (C=O) groups excluding carboxylic acids is 1. The van der Waals surface area contributed by atoms with Crippen LogP contribution in [0.15, 0.2) is 0 Å². The summed E-state index contributed by atoms with van der Waals surface area (Å²) in [6.07, 6.45) is 1.95. The predicted octanol–water partition coefficient (Wildman–Crippen LogP) is 0.677. The highest BCUT2D eigenvalue weighted by Gasteiger charge is 2.04. The standard InChI is InChI=1S/C7H15NO2/c1-3-4-6(2)10-7(9)5-8/h6H,3-5,8H2,1-2H3. The van der Waals surface area contributed by atoms with Crippen molar-refractivity contribution < 1.29 is 9.53 Å². The van der Waals surface area contributed by atoms with Crippen molar-refractivity contribution in [3.8, 4) is 0 Å². The molecule has 0 saturated carbocycles. The number of ether oxygens (including phenoxy) is 1. The number of esters is 1. The maximum absolute atomic E-state index is 10.5. The molecule has 2 N–H and O–H groups in total. The van der Waals surface area contributed by atoms with Gasteiger partial charge in [-0.1, -0.05) is 13.3 Å². The normalized spacial score (nSPS) is 12.7. The molecule has 1 atom stereocenters. The lowest BCUT2D eigenvalue weighted by Crippen LogP contribution is -2.21. The third-order valence-corrected chi connectivity index (χ3v) is 1.19. The van der Waals surface area contributed by atoms with E-state index in [9.17, 15) is 4.79 Å². The van der Waals surface area contributed by atoms with E-state index in [1.165, 1.54) is 0 Å². The second-order valence-corrected chi connectivity index (χ2v) is 2.29. The minimum Gasteiger partial charge on any atom is -0.462 e. The SMILES string of the molecule is CCCC(C)OC(=O)CN. The summed E-state index contributed by atoms with van der Waals surface area (Å²) < 4.78 is 4.88. The summed E-state index contributed by atoms with van der Waals surface area (Å²) in [5.74, 6) is -0.319. The Morgan fingerprint density at radius 1 is 1.70 bits per heavy atom. The van der Waals surface area contributed by atoms with E-state index in [-0.39, 0.29) is 18.6 Å². The maximum Gasteiger partial charge on any atom is 0.319 e. The van der Waals surface area contributed by atoms with E-state index < -0.39 is 0 Å². The molecule has 10 heavy (non-hydrogen) atoms. The van der Waals surface area contributed by atoms with Crippen LogP contribution in [0.1, 0.15) is 26.7 Å². The topological polar surface area (TPSA) is 52.3 Å². The molecule has 0 aliphatic carbocycles. The van der Waals surface area contributed by atoms with Crippen molar-refractivity contribution in [1.29, 1.82) is 0 Å². The average molecular weight is 145 g/mol. The van der Waals surface area contributed by atoms with Crippen molar-refractivity contribution in [2.45, 2.75) is 32.8 Å². The molecule has 0 aromatic carbocycles. The molecule has 0 radical (unpaired) electrons. The van der Waals surface area contributed by atoms with Crippen LogP contribution in [0.3, 0.4) is 0 Å². The number of carbonyl (C=O) groups is 1. The fourth-order valence-corrected chi connectivity index (χ4v) is 0.738. The quantitative estimate of drug-likeness (QED) is 0.592. The van der Waals surface area contributed by atoms with Crippen LogP contribution in [-0.2, 0) is 9.53 Å². The lowest BCUT2D eigenvalue weighted by Gasteiger charge is -2.10. The molecule has 0 heterocycles. The summed E-state index contributed by atoms with van der Waals surface area (Å²) in [7, 11) is 0. The Labute approximate surface area is 61.5 Å². The Hall–Kier alpha value is -0.570. The first kappa shape index (κ1) is 9.43. The fraction of sp³-hybridized carbons (Fsp3) is 0.857. The number of hydrogen-bond acceptors (Lipinski definition) is 3. The van der Waals surface area contributed by atoms with E-state index in [2.05, 4.69) is 0 Å². The summed E-state index contributed by atoms with van der Waals surface area (Å²) >= 11 is 0. The zero-order chi connectivity index (χ0) is 7.98. The molecule has 60 valence electrons. The van der Waals surface area contributed by atoms with Gasteiger partial charge in [-0.2, -0.15) is 0 Å². The summed E-state index contributed by atoms with van der Waals surface area (Å²) in [5, 5.41) is 0. The number of hydrogen-bond donors (Lipinski definition) is 1. The van der Waals surface area contributed by atoms with Gasteiger partial charge in [-0.15, -0.1) is 0 Å². The average Bonchev–Trinajstić information content (AvgIpc) is 1.88. The van der Waals surface area contributed by atoms with Gasteiger partial charge in [-0.05, 0) is 13.3 Å². The van der Waals surface area contributed by atoms with E-state index in [0.717, 1.165) is 12.8 Å². The van der Waals surface area contributed by atoms with Crippen molar-refractivity contribution in [3.05, 3.63) is 0 Å². The molecule has 0 amide bonds. The highest BCUT2D eigenvalue weighted by atomic mass is 16.5. The van der Waals surface area contributed by atoms with Crippen molar-refractivity contribution in [3.63, 3.8) is 0 Å². The minimum atomic E-state index is -0.319. The molecule has 0 fully saturated rings. The van der Waals surface area contributed by atoms with E-state index in [1.807, 2.05) is 13.8 Å². The summed E-state index contributed by atoms with van der Waals surface area (Å²) in [6.45, 7) is 3.90. The first-order valence-corrected chi connectivity index (χ1v) is 3.60. The van der Waals surface area contributed by atoms with Gasteiger partial charge in [0.15, 0.2) is 0 Å². The van der Waals surface area contributed by atoms with Gasteiger partial charge in [-0.3, -0.25) is 4.79 Å². The molecule has 0 rings (SSSR count). The Balaban J connectivity index is 3.37. The number of rotatable bonds is 4. The molecular weight excluding hydrogens is 130 g/mol. The van der Waals surface area contributed by atoms with Gasteiger partial charge >= 0.3 is 5.97 Å². The van der Waals surface area contributed by atoms with Crippen LogP contribution in [0.5, 0.6) is 0 Å². The third kappa shape index (κ3) is 4.32. The molecule has 0 aliphatic heterocycles. The highest BCUT2D eigenvalue weighted by molar-refractivity contribution is 5.71. The van der Waals surface area contributed by atoms with Crippen LogP contribution in [0.2, 0.25) is 0 Å². The predicted molar refractivity (Wildman–Crippen MR) is 39.5 cm³/mol. The molecule has 3 nitrogen and oxygen atoms in total. The van der Waals surface area contributed by atoms with Gasteiger partial charge < -0.3 is 10.5 Å². The van der Waals surface area contributed by atoms with Gasteiger partial charge in [0.05, 0.1) is 12.6 Å². The molecule has 0 saturated heterocycles. The summed E-state index contributed by atoms with van der Waals surface area (Å²) in [4.78, 5) is 10.5. The van der Waals surface area contributed by atoms with Crippen molar-refractivity contribution >= 4 is 5.97 Å². The van der Waals surface area contributed by atoms with E-state index >= 15 is 0 Å². The molecule has 0 bridgehead atoms. The largest absolute Gasteiger partial charge is 0.462 e. The maximum atomic E-state index is 10.5. The Kier molecular flexibility index (Phi) is 4.94. The van der Waals surface area contributed by atoms with Crippen LogP contribution < -0.4 is 5.73 Å².